The number of rotatable bonds is 4. The van der Waals surface area contributed by atoms with E-state index in [4.69, 9.17) is 5.10 Å². The predicted octanol–water partition coefficient (Wildman–Crippen LogP) is 4.18. The fraction of sp³-hybridized carbons (Fsp3) is 0.833. The summed E-state index contributed by atoms with van der Waals surface area (Å²) < 4.78 is 2.33. The predicted molar refractivity (Wildman–Crippen MR) is 89.8 cm³/mol. The third-order valence-electron chi connectivity index (χ3n) is 4.84. The third-order valence-corrected chi connectivity index (χ3v) is 4.84. The Bertz CT molecular complexity index is 460. The van der Waals surface area contributed by atoms with Crippen LogP contribution in [0.5, 0.6) is 0 Å². The topological polar surface area (TPSA) is 29.9 Å². The van der Waals surface area contributed by atoms with E-state index in [0.29, 0.717) is 6.04 Å². The molecule has 0 radical (unpaired) electrons. The highest BCUT2D eigenvalue weighted by atomic mass is 15.3. The van der Waals surface area contributed by atoms with Crippen LogP contribution in [0.15, 0.2) is 0 Å². The fourth-order valence-corrected chi connectivity index (χ4v) is 3.46. The quantitative estimate of drug-likeness (QED) is 0.902. The van der Waals surface area contributed by atoms with Gasteiger partial charge in [-0.15, -0.1) is 0 Å². The highest BCUT2D eigenvalue weighted by molar-refractivity contribution is 5.25. The van der Waals surface area contributed by atoms with Crippen molar-refractivity contribution in [1.29, 1.82) is 0 Å². The van der Waals surface area contributed by atoms with Crippen molar-refractivity contribution in [2.75, 3.05) is 6.54 Å². The van der Waals surface area contributed by atoms with E-state index in [1.165, 1.54) is 42.6 Å². The lowest BCUT2D eigenvalue weighted by Gasteiger charge is -2.27. The van der Waals surface area contributed by atoms with Gasteiger partial charge in [0.2, 0.25) is 0 Å². The fourth-order valence-electron chi connectivity index (χ4n) is 3.46. The van der Waals surface area contributed by atoms with Gasteiger partial charge in [0, 0.05) is 11.2 Å². The standard InChI is InChI=1S/C18H33N3/c1-13-7-9-16(10-8-13)21-15(3)17(14(2)20-21)11-12-19-18(4,5)6/h13,16,19H,7-12H2,1-6H3. The number of nitrogens with zero attached hydrogens (tertiary/aromatic N) is 2. The van der Waals surface area contributed by atoms with Crippen molar-refractivity contribution in [3.05, 3.63) is 17.0 Å². The maximum Gasteiger partial charge on any atom is 0.0629 e. The molecule has 0 unspecified atom stereocenters. The zero-order valence-corrected chi connectivity index (χ0v) is 14.8. The van der Waals surface area contributed by atoms with Gasteiger partial charge in [0.25, 0.3) is 0 Å². The summed E-state index contributed by atoms with van der Waals surface area (Å²) in [6.45, 7) is 14.5. The first-order chi connectivity index (χ1) is 9.78. The summed E-state index contributed by atoms with van der Waals surface area (Å²) in [4.78, 5) is 0. The van der Waals surface area contributed by atoms with E-state index in [1.807, 2.05) is 0 Å². The summed E-state index contributed by atoms with van der Waals surface area (Å²) in [7, 11) is 0. The second-order valence-corrected chi connectivity index (χ2v) is 7.93. The lowest BCUT2D eigenvalue weighted by atomic mass is 9.87. The van der Waals surface area contributed by atoms with E-state index in [9.17, 15) is 0 Å². The first-order valence-corrected chi connectivity index (χ1v) is 8.57. The highest BCUT2D eigenvalue weighted by Crippen LogP contribution is 2.33. The SMILES string of the molecule is Cc1nn(C2CCC(C)CC2)c(C)c1CCNC(C)(C)C. The van der Waals surface area contributed by atoms with Crippen LogP contribution in [0.1, 0.15) is 76.4 Å². The van der Waals surface area contributed by atoms with Crippen molar-refractivity contribution in [2.24, 2.45) is 5.92 Å². The Kier molecular flexibility index (Phi) is 5.13. The van der Waals surface area contributed by atoms with Crippen molar-refractivity contribution in [1.82, 2.24) is 15.1 Å². The van der Waals surface area contributed by atoms with E-state index in [1.54, 1.807) is 0 Å². The molecule has 0 bridgehead atoms. The maximum absolute atomic E-state index is 4.86. The van der Waals surface area contributed by atoms with Gasteiger partial charge in [0.05, 0.1) is 11.7 Å². The third kappa shape index (κ3) is 4.32. The molecule has 0 atom stereocenters. The molecule has 1 heterocycles. The Balaban J connectivity index is 2.03. The number of hydrogen-bond acceptors (Lipinski definition) is 2. The Labute approximate surface area is 130 Å². The van der Waals surface area contributed by atoms with Crippen LogP contribution in [-0.4, -0.2) is 21.9 Å². The van der Waals surface area contributed by atoms with Gasteiger partial charge in [-0.2, -0.15) is 5.10 Å². The Morgan fingerprint density at radius 3 is 2.33 bits per heavy atom. The van der Waals surface area contributed by atoms with Crippen LogP contribution in [0, 0.1) is 19.8 Å². The summed E-state index contributed by atoms with van der Waals surface area (Å²) in [5.74, 6) is 0.897. The van der Waals surface area contributed by atoms with E-state index >= 15 is 0 Å². The van der Waals surface area contributed by atoms with Crippen LogP contribution in [0.25, 0.3) is 0 Å². The molecule has 1 aliphatic carbocycles. The molecular formula is C18H33N3. The summed E-state index contributed by atoms with van der Waals surface area (Å²) in [5, 5.41) is 8.45. The second kappa shape index (κ2) is 6.51. The summed E-state index contributed by atoms with van der Waals surface area (Å²) in [6.07, 6.45) is 6.37. The maximum atomic E-state index is 4.86. The molecule has 3 nitrogen and oxygen atoms in total. The van der Waals surface area contributed by atoms with Crippen LogP contribution < -0.4 is 5.32 Å². The lowest BCUT2D eigenvalue weighted by Crippen LogP contribution is -2.37. The number of hydrogen-bond donors (Lipinski definition) is 1. The molecule has 1 aromatic heterocycles. The van der Waals surface area contributed by atoms with Gasteiger partial charge in [-0.1, -0.05) is 6.92 Å². The molecule has 1 aliphatic rings. The highest BCUT2D eigenvalue weighted by Gasteiger charge is 2.23. The molecule has 1 saturated carbocycles. The summed E-state index contributed by atoms with van der Waals surface area (Å²) in [6, 6.07) is 0.629. The molecule has 0 spiro atoms. The molecule has 3 heteroatoms. The minimum atomic E-state index is 0.192. The van der Waals surface area contributed by atoms with Gasteiger partial charge < -0.3 is 5.32 Å². The molecule has 0 aromatic carbocycles. The smallest absolute Gasteiger partial charge is 0.0629 e. The molecule has 0 aliphatic heterocycles. The number of nitrogens with one attached hydrogen (secondary N) is 1. The number of aryl methyl sites for hydroxylation is 1. The van der Waals surface area contributed by atoms with Gasteiger partial charge >= 0.3 is 0 Å². The van der Waals surface area contributed by atoms with Crippen molar-refractivity contribution < 1.29 is 0 Å². The van der Waals surface area contributed by atoms with Gasteiger partial charge in [-0.25, -0.2) is 0 Å². The molecule has 1 aromatic rings. The van der Waals surface area contributed by atoms with E-state index < -0.39 is 0 Å². The van der Waals surface area contributed by atoms with E-state index in [0.717, 1.165) is 18.9 Å². The van der Waals surface area contributed by atoms with Crippen LogP contribution >= 0.6 is 0 Å². The lowest BCUT2D eigenvalue weighted by molar-refractivity contribution is 0.270. The molecule has 1 fully saturated rings. The van der Waals surface area contributed by atoms with E-state index in [-0.39, 0.29) is 5.54 Å². The molecule has 120 valence electrons. The zero-order chi connectivity index (χ0) is 15.6. The van der Waals surface area contributed by atoms with Gasteiger partial charge in [-0.3, -0.25) is 4.68 Å². The Hall–Kier alpha value is -0.830. The van der Waals surface area contributed by atoms with Gasteiger partial charge in [-0.05, 0) is 84.7 Å². The van der Waals surface area contributed by atoms with Crippen molar-refractivity contribution >= 4 is 0 Å². The molecule has 2 rings (SSSR count). The van der Waals surface area contributed by atoms with Gasteiger partial charge in [0.15, 0.2) is 0 Å². The van der Waals surface area contributed by atoms with Crippen LogP contribution in [0.3, 0.4) is 0 Å². The minimum absolute atomic E-state index is 0.192. The minimum Gasteiger partial charge on any atom is -0.312 e. The largest absolute Gasteiger partial charge is 0.312 e. The van der Waals surface area contributed by atoms with Crippen LogP contribution in [0.4, 0.5) is 0 Å². The molecular weight excluding hydrogens is 258 g/mol. The summed E-state index contributed by atoms with van der Waals surface area (Å²) in [5.41, 5.74) is 4.26. The van der Waals surface area contributed by atoms with Gasteiger partial charge in [0.1, 0.15) is 0 Å². The van der Waals surface area contributed by atoms with Crippen molar-refractivity contribution in [2.45, 2.75) is 85.2 Å². The Morgan fingerprint density at radius 2 is 1.76 bits per heavy atom. The Morgan fingerprint density at radius 1 is 1.14 bits per heavy atom. The first-order valence-electron chi connectivity index (χ1n) is 8.57. The molecule has 21 heavy (non-hydrogen) atoms. The first kappa shape index (κ1) is 16.5. The molecule has 0 saturated heterocycles. The van der Waals surface area contributed by atoms with Crippen molar-refractivity contribution in [3.63, 3.8) is 0 Å². The average molecular weight is 291 g/mol. The molecule has 0 amide bonds. The van der Waals surface area contributed by atoms with Crippen LogP contribution in [0.2, 0.25) is 0 Å². The molecule has 1 N–H and O–H groups in total. The van der Waals surface area contributed by atoms with Crippen molar-refractivity contribution in [3.8, 4) is 0 Å². The number of aromatic nitrogens is 2. The van der Waals surface area contributed by atoms with E-state index in [2.05, 4.69) is 51.5 Å². The average Bonchev–Trinajstić information content (AvgIpc) is 2.66. The van der Waals surface area contributed by atoms with Crippen LogP contribution in [-0.2, 0) is 6.42 Å². The second-order valence-electron chi connectivity index (χ2n) is 7.93. The monoisotopic (exact) mass is 291 g/mol. The normalized spacial score (nSPS) is 23.5. The zero-order valence-electron chi connectivity index (χ0n) is 14.8. The summed E-state index contributed by atoms with van der Waals surface area (Å²) >= 11 is 0.